The largest absolute Gasteiger partial charge is 0.467 e. The van der Waals surface area contributed by atoms with Crippen LogP contribution in [-0.2, 0) is 15.9 Å². The van der Waals surface area contributed by atoms with Crippen molar-refractivity contribution >= 4 is 10.8 Å². The van der Waals surface area contributed by atoms with Crippen LogP contribution in [0.3, 0.4) is 0 Å². The molecule has 0 bridgehead atoms. The van der Waals surface area contributed by atoms with Crippen LogP contribution in [0.5, 0.6) is 11.5 Å². The molecule has 4 nitrogen and oxygen atoms in total. The number of ether oxygens (including phenoxy) is 4. The number of fused-ring (bicyclic) bond motifs is 1. The highest BCUT2D eigenvalue weighted by Crippen LogP contribution is 2.41. The van der Waals surface area contributed by atoms with Gasteiger partial charge < -0.3 is 18.9 Å². The highest BCUT2D eigenvalue weighted by Gasteiger charge is 2.19. The predicted octanol–water partition coefficient (Wildman–Crippen LogP) is 15.8. The molecule has 2 rings (SSSR count). The molecule has 0 spiro atoms. The highest BCUT2D eigenvalue weighted by atomic mass is 16.7. The second-order valence-corrected chi connectivity index (χ2v) is 15.8. The van der Waals surface area contributed by atoms with E-state index in [0.717, 1.165) is 104 Å². The quantitative estimate of drug-likeness (QED) is 0.0491. The summed E-state index contributed by atoms with van der Waals surface area (Å²) in [7, 11) is 0. The van der Waals surface area contributed by atoms with E-state index in [1.165, 1.54) is 51.9 Å². The lowest BCUT2D eigenvalue weighted by molar-refractivity contribution is 0.0207. The Morgan fingerprint density at radius 3 is 1.18 bits per heavy atom. The fourth-order valence-electron chi connectivity index (χ4n) is 6.72. The van der Waals surface area contributed by atoms with Crippen molar-refractivity contribution in [3.8, 4) is 11.5 Å². The molecule has 310 valence electrons. The Morgan fingerprint density at radius 1 is 0.464 bits per heavy atom. The molecule has 0 saturated heterocycles. The van der Waals surface area contributed by atoms with Crippen LogP contribution in [0.4, 0.5) is 0 Å². The highest BCUT2D eigenvalue weighted by molar-refractivity contribution is 5.96. The van der Waals surface area contributed by atoms with Crippen LogP contribution in [0, 0.1) is 6.92 Å². The number of hydrogen-bond donors (Lipinski definition) is 0. The summed E-state index contributed by atoms with van der Waals surface area (Å²) in [6.07, 6.45) is 31.2. The summed E-state index contributed by atoms with van der Waals surface area (Å²) in [6, 6.07) is 8.27. The summed E-state index contributed by atoms with van der Waals surface area (Å²) in [5, 5.41) is 2.06. The molecule has 0 N–H and O–H groups in total. The van der Waals surface area contributed by atoms with Crippen molar-refractivity contribution < 1.29 is 18.9 Å². The second kappa shape index (κ2) is 28.7. The molecule has 0 unspecified atom stereocenters. The minimum Gasteiger partial charge on any atom is -0.467 e. The number of allylic oxidation sites excluding steroid dienone is 14. The fourth-order valence-corrected chi connectivity index (χ4v) is 6.72. The summed E-state index contributed by atoms with van der Waals surface area (Å²) in [6.45, 7) is 25.8. The maximum Gasteiger partial charge on any atom is 0.189 e. The minimum absolute atomic E-state index is 0.221. The van der Waals surface area contributed by atoms with Crippen molar-refractivity contribution in [2.75, 3.05) is 26.8 Å². The van der Waals surface area contributed by atoms with Crippen molar-refractivity contribution in [3.63, 3.8) is 0 Å². The van der Waals surface area contributed by atoms with Gasteiger partial charge in [-0.2, -0.15) is 0 Å². The summed E-state index contributed by atoms with van der Waals surface area (Å²) < 4.78 is 23.6. The van der Waals surface area contributed by atoms with Crippen molar-refractivity contribution in [2.45, 2.75) is 160 Å². The topological polar surface area (TPSA) is 36.9 Å². The summed E-state index contributed by atoms with van der Waals surface area (Å²) in [5.41, 5.74) is 12.5. The van der Waals surface area contributed by atoms with Crippen LogP contribution in [0.2, 0.25) is 0 Å². The Hall–Kier alpha value is -3.60. The van der Waals surface area contributed by atoms with E-state index >= 15 is 0 Å². The number of hydrogen-bond acceptors (Lipinski definition) is 4. The SMILES string of the molecule is CCOCOc1c(C)c(C/C=C(\C)CC/C=C(\C)CC/C=C(\C)CC/C=C(\C)CC/C=C(\C)CC/C=C(\C)CCC=C(C)C)c(OCOCC)c2ccccc12. The Labute approximate surface area is 343 Å². The van der Waals surface area contributed by atoms with Gasteiger partial charge in [0.05, 0.1) is 0 Å². The van der Waals surface area contributed by atoms with Crippen LogP contribution in [0.15, 0.2) is 106 Å². The maximum absolute atomic E-state index is 6.27. The molecular formula is C52H78O4. The molecule has 0 aliphatic rings. The van der Waals surface area contributed by atoms with E-state index in [1.807, 2.05) is 26.0 Å². The Kier molecular flexibility index (Phi) is 24.9. The van der Waals surface area contributed by atoms with Crippen LogP contribution >= 0.6 is 0 Å². The van der Waals surface area contributed by atoms with Crippen LogP contribution in [0.25, 0.3) is 10.8 Å². The van der Waals surface area contributed by atoms with Crippen LogP contribution in [0.1, 0.15) is 157 Å². The van der Waals surface area contributed by atoms with Crippen LogP contribution < -0.4 is 9.47 Å². The third-order valence-corrected chi connectivity index (χ3v) is 10.4. The first-order valence-corrected chi connectivity index (χ1v) is 21.5. The monoisotopic (exact) mass is 767 g/mol. The molecule has 2 aromatic carbocycles. The molecule has 0 heterocycles. The second-order valence-electron chi connectivity index (χ2n) is 15.8. The van der Waals surface area contributed by atoms with Gasteiger partial charge in [0.1, 0.15) is 11.5 Å². The molecule has 0 aliphatic heterocycles. The van der Waals surface area contributed by atoms with E-state index < -0.39 is 0 Å². The van der Waals surface area contributed by atoms with Gasteiger partial charge in [0, 0.05) is 29.5 Å². The third kappa shape index (κ3) is 20.0. The first-order valence-electron chi connectivity index (χ1n) is 21.5. The van der Waals surface area contributed by atoms with Gasteiger partial charge >= 0.3 is 0 Å². The van der Waals surface area contributed by atoms with Gasteiger partial charge in [-0.25, -0.2) is 0 Å². The summed E-state index contributed by atoms with van der Waals surface area (Å²) in [4.78, 5) is 0. The molecule has 0 amide bonds. The Balaban J connectivity index is 1.83. The molecule has 0 atom stereocenters. The zero-order valence-electron chi connectivity index (χ0n) is 37.5. The van der Waals surface area contributed by atoms with Crippen molar-refractivity contribution in [1.82, 2.24) is 0 Å². The van der Waals surface area contributed by atoms with E-state index in [9.17, 15) is 0 Å². The molecule has 4 heteroatoms. The summed E-state index contributed by atoms with van der Waals surface area (Å²) >= 11 is 0. The van der Waals surface area contributed by atoms with E-state index in [4.69, 9.17) is 18.9 Å². The van der Waals surface area contributed by atoms with Gasteiger partial charge in [-0.1, -0.05) is 106 Å². The van der Waals surface area contributed by atoms with E-state index in [0.29, 0.717) is 13.2 Å². The maximum atomic E-state index is 6.27. The lowest BCUT2D eigenvalue weighted by Gasteiger charge is -2.20. The van der Waals surface area contributed by atoms with Gasteiger partial charge in [0.15, 0.2) is 13.6 Å². The molecule has 2 aromatic rings. The zero-order valence-corrected chi connectivity index (χ0v) is 37.5. The summed E-state index contributed by atoms with van der Waals surface area (Å²) in [5.74, 6) is 1.73. The van der Waals surface area contributed by atoms with Gasteiger partial charge in [-0.3, -0.25) is 0 Å². The van der Waals surface area contributed by atoms with E-state index in [1.54, 1.807) is 0 Å². The van der Waals surface area contributed by atoms with Crippen molar-refractivity contribution in [1.29, 1.82) is 0 Å². The molecule has 0 aliphatic carbocycles. The average Bonchev–Trinajstić information content (AvgIpc) is 3.15. The lowest BCUT2D eigenvalue weighted by atomic mass is 9.95. The number of rotatable bonds is 28. The smallest absolute Gasteiger partial charge is 0.189 e. The fraction of sp³-hybridized carbons (Fsp3) is 0.538. The molecule has 0 saturated carbocycles. The first-order chi connectivity index (χ1) is 27.0. The molecule has 56 heavy (non-hydrogen) atoms. The average molecular weight is 767 g/mol. The van der Waals surface area contributed by atoms with E-state index in [2.05, 4.69) is 117 Å². The normalized spacial score (nSPS) is 13.5. The predicted molar refractivity (Wildman–Crippen MR) is 244 cm³/mol. The zero-order chi connectivity index (χ0) is 41.1. The van der Waals surface area contributed by atoms with Crippen molar-refractivity contribution in [3.05, 3.63) is 117 Å². The van der Waals surface area contributed by atoms with Gasteiger partial charge in [-0.15, -0.1) is 0 Å². The third-order valence-electron chi connectivity index (χ3n) is 10.4. The first kappa shape index (κ1) is 48.5. The standard InChI is InChI=1S/C52H78O4/c1-12-53-38-55-51-47(11)48(52(56-39-54-13-2)50-35-15-14-34-49(50)51)37-36-46(10)33-21-32-45(9)31-20-30-44(8)29-19-28-43(7)27-18-26-42(6)25-17-24-41(5)23-16-22-40(3)4/h14-15,22,24,26,28,30,32,34-36H,12-13,16-21,23,25,27,29,31,33,37-39H2,1-11H3/b41-24+,42-26+,43-28+,44-30+,45-32+,46-36+. The molecule has 0 radical (unpaired) electrons. The Morgan fingerprint density at radius 2 is 0.804 bits per heavy atom. The van der Waals surface area contributed by atoms with E-state index in [-0.39, 0.29) is 13.6 Å². The number of benzene rings is 2. The van der Waals surface area contributed by atoms with Gasteiger partial charge in [0.2, 0.25) is 0 Å². The molecule has 0 aromatic heterocycles. The minimum atomic E-state index is 0.221. The van der Waals surface area contributed by atoms with Gasteiger partial charge in [0.25, 0.3) is 0 Å². The Bertz CT molecular complexity index is 1670. The van der Waals surface area contributed by atoms with Crippen molar-refractivity contribution in [2.24, 2.45) is 0 Å². The molecule has 0 fully saturated rings. The molecular weight excluding hydrogens is 689 g/mol. The van der Waals surface area contributed by atoms with Gasteiger partial charge in [-0.05, 0) is 165 Å². The van der Waals surface area contributed by atoms with Crippen LogP contribution in [-0.4, -0.2) is 26.8 Å². The lowest BCUT2D eigenvalue weighted by Crippen LogP contribution is -2.09.